The molecule has 0 saturated heterocycles. The fourth-order valence-electron chi connectivity index (χ4n) is 2.96. The first-order valence-electron chi connectivity index (χ1n) is 7.80. The summed E-state index contributed by atoms with van der Waals surface area (Å²) in [5.74, 6) is 0. The van der Waals surface area contributed by atoms with E-state index in [4.69, 9.17) is 5.41 Å². The molecule has 120 valence electrons. The molecular formula is C20H23INO+. The number of hydrogen-bond acceptors (Lipinski definition) is 1. The Hall–Kier alpha value is -1.46. The van der Waals surface area contributed by atoms with Crippen LogP contribution in [-0.4, -0.2) is 22.4 Å². The number of halogens is 1. The van der Waals surface area contributed by atoms with Crippen LogP contribution < -0.4 is 5.41 Å². The summed E-state index contributed by atoms with van der Waals surface area (Å²) in [6.45, 7) is 2.33. The van der Waals surface area contributed by atoms with Gasteiger partial charge in [-0.2, -0.15) is 0 Å². The number of alkyl halides is 1. The maximum atomic E-state index is 9.19. The van der Waals surface area contributed by atoms with Gasteiger partial charge in [0, 0.05) is 0 Å². The molecule has 2 aromatic rings. The van der Waals surface area contributed by atoms with Crippen molar-refractivity contribution in [3.63, 3.8) is 0 Å². The normalized spacial score (nSPS) is 14.6. The van der Waals surface area contributed by atoms with Gasteiger partial charge in [0.25, 0.3) is 0 Å². The molecule has 3 heteroatoms. The zero-order valence-corrected chi connectivity index (χ0v) is 15.8. The van der Waals surface area contributed by atoms with E-state index >= 15 is 0 Å². The van der Waals surface area contributed by atoms with E-state index in [1.807, 2.05) is 0 Å². The van der Waals surface area contributed by atoms with Crippen molar-refractivity contribution in [2.45, 2.75) is 19.8 Å². The SMILES string of the molecule is Cc1ccccc1CC(=[NH2+])C1=CI(C)c2ccc(CCO)cc21. The molecule has 3 N–H and O–H groups in total. The van der Waals surface area contributed by atoms with Gasteiger partial charge in [-0.05, 0) is 0 Å². The molecule has 1 aliphatic heterocycles. The molecule has 0 bridgehead atoms. The van der Waals surface area contributed by atoms with Crippen molar-refractivity contribution >= 4 is 31.1 Å². The molecule has 0 saturated carbocycles. The first-order chi connectivity index (χ1) is 11.1. The first-order valence-corrected chi connectivity index (χ1v) is 12.3. The van der Waals surface area contributed by atoms with Gasteiger partial charge in [-0.25, -0.2) is 0 Å². The van der Waals surface area contributed by atoms with Gasteiger partial charge in [-0.1, -0.05) is 0 Å². The third-order valence-electron chi connectivity index (χ3n) is 4.30. The van der Waals surface area contributed by atoms with Crippen LogP contribution >= 0.6 is 19.8 Å². The molecule has 0 aliphatic carbocycles. The minimum absolute atomic E-state index is 0.189. The molecule has 2 nitrogen and oxygen atoms in total. The molecule has 2 aromatic carbocycles. The van der Waals surface area contributed by atoms with Gasteiger partial charge in [0.2, 0.25) is 0 Å². The monoisotopic (exact) mass is 420 g/mol. The van der Waals surface area contributed by atoms with E-state index in [1.54, 1.807) is 0 Å². The van der Waals surface area contributed by atoms with Crippen molar-refractivity contribution in [3.05, 3.63) is 72.4 Å². The summed E-state index contributed by atoms with van der Waals surface area (Å²) in [4.78, 5) is 2.36. The number of allylic oxidation sites excluding steroid dienone is 1. The van der Waals surface area contributed by atoms with Crippen LogP contribution in [0.2, 0.25) is 0 Å². The van der Waals surface area contributed by atoms with Crippen molar-refractivity contribution in [1.29, 1.82) is 0 Å². The van der Waals surface area contributed by atoms with Crippen LogP contribution in [0.4, 0.5) is 0 Å². The topological polar surface area (TPSA) is 45.8 Å². The van der Waals surface area contributed by atoms with Crippen molar-refractivity contribution < 1.29 is 10.5 Å². The summed E-state index contributed by atoms with van der Waals surface area (Å²) in [7, 11) is 0. The van der Waals surface area contributed by atoms with E-state index in [1.165, 1.54) is 31.4 Å². The molecule has 3 rings (SSSR count). The third kappa shape index (κ3) is 3.40. The minimum atomic E-state index is -1.23. The van der Waals surface area contributed by atoms with Crippen molar-refractivity contribution in [1.82, 2.24) is 0 Å². The summed E-state index contributed by atoms with van der Waals surface area (Å²) >= 11 is -1.23. The van der Waals surface area contributed by atoms with E-state index in [0.717, 1.165) is 12.1 Å². The predicted molar refractivity (Wildman–Crippen MR) is 106 cm³/mol. The van der Waals surface area contributed by atoms with Crippen LogP contribution in [0.5, 0.6) is 0 Å². The molecule has 0 fully saturated rings. The predicted octanol–water partition coefficient (Wildman–Crippen LogP) is 2.63. The van der Waals surface area contributed by atoms with Crippen molar-refractivity contribution in [2.24, 2.45) is 0 Å². The Kier molecular flexibility index (Phi) is 4.97. The van der Waals surface area contributed by atoms with Crippen LogP contribution in [0.3, 0.4) is 0 Å². The number of aliphatic hydroxyl groups excluding tert-OH is 1. The van der Waals surface area contributed by atoms with Gasteiger partial charge in [-0.3, -0.25) is 0 Å². The van der Waals surface area contributed by atoms with Gasteiger partial charge < -0.3 is 0 Å². The van der Waals surface area contributed by atoms with E-state index in [-0.39, 0.29) is 6.61 Å². The summed E-state index contributed by atoms with van der Waals surface area (Å²) < 4.78 is 3.91. The summed E-state index contributed by atoms with van der Waals surface area (Å²) in [5, 5.41) is 15.7. The fraction of sp³-hybridized carbons (Fsp3) is 0.250. The Bertz CT molecular complexity index is 779. The maximum absolute atomic E-state index is 9.19. The van der Waals surface area contributed by atoms with Crippen LogP contribution in [-0.2, 0) is 12.8 Å². The van der Waals surface area contributed by atoms with Crippen molar-refractivity contribution in [2.75, 3.05) is 11.5 Å². The number of aryl methyl sites for hydroxylation is 1. The Labute approximate surface area is 145 Å². The van der Waals surface area contributed by atoms with E-state index in [2.05, 4.69) is 58.4 Å². The second-order valence-electron chi connectivity index (χ2n) is 5.96. The number of fused-ring (bicyclic) bond motifs is 1. The van der Waals surface area contributed by atoms with Gasteiger partial charge in [0.15, 0.2) is 0 Å². The standard InChI is InChI=1S/C20H22INO/c1-14-5-3-4-6-16(14)12-20(22)18-13-21(2)19-8-7-15(9-10-23)11-17(18)19/h3-8,11,13,22-23H,9-10,12H2,1-2H3/p+1. The first kappa shape index (κ1) is 16.4. The van der Waals surface area contributed by atoms with Gasteiger partial charge in [0.05, 0.1) is 0 Å². The van der Waals surface area contributed by atoms with E-state index in [0.29, 0.717) is 6.42 Å². The quantitative estimate of drug-likeness (QED) is 0.436. The molecular weight excluding hydrogens is 397 g/mol. The molecule has 1 aliphatic rings. The van der Waals surface area contributed by atoms with Crippen LogP contribution in [0.1, 0.15) is 22.3 Å². The average Bonchev–Trinajstić information content (AvgIpc) is 2.87. The molecule has 1 heterocycles. The van der Waals surface area contributed by atoms with Crippen LogP contribution in [0, 0.1) is 10.5 Å². The summed E-state index contributed by atoms with van der Waals surface area (Å²) in [5.41, 5.74) is 7.26. The Morgan fingerprint density at radius 1 is 1.17 bits per heavy atom. The molecule has 0 radical (unpaired) electrons. The Balaban J connectivity index is 1.90. The van der Waals surface area contributed by atoms with Crippen LogP contribution in [0.15, 0.2) is 46.5 Å². The van der Waals surface area contributed by atoms with E-state index < -0.39 is 19.8 Å². The van der Waals surface area contributed by atoms with E-state index in [9.17, 15) is 5.11 Å². The molecule has 0 amide bonds. The molecule has 0 unspecified atom stereocenters. The number of aliphatic hydroxyl groups is 1. The number of nitrogens with two attached hydrogens (primary N) is 1. The second kappa shape index (κ2) is 6.97. The van der Waals surface area contributed by atoms with Crippen molar-refractivity contribution in [3.8, 4) is 0 Å². The summed E-state index contributed by atoms with van der Waals surface area (Å²) in [6.07, 6.45) is 1.50. The second-order valence-corrected chi connectivity index (χ2v) is 10.7. The van der Waals surface area contributed by atoms with Gasteiger partial charge >= 0.3 is 145 Å². The van der Waals surface area contributed by atoms with Gasteiger partial charge in [0.1, 0.15) is 0 Å². The Morgan fingerprint density at radius 2 is 1.96 bits per heavy atom. The number of hydrogen-bond donors (Lipinski definition) is 2. The average molecular weight is 420 g/mol. The molecule has 0 atom stereocenters. The zero-order chi connectivity index (χ0) is 16.4. The van der Waals surface area contributed by atoms with Crippen LogP contribution in [0.25, 0.3) is 5.57 Å². The van der Waals surface area contributed by atoms with Gasteiger partial charge in [-0.15, -0.1) is 0 Å². The number of benzene rings is 2. The molecule has 23 heavy (non-hydrogen) atoms. The molecule has 0 spiro atoms. The zero-order valence-electron chi connectivity index (χ0n) is 13.6. The fourth-order valence-corrected chi connectivity index (χ4v) is 7.07. The molecule has 0 aromatic heterocycles. The third-order valence-corrected chi connectivity index (χ3v) is 8.63. The summed E-state index contributed by atoms with van der Waals surface area (Å²) in [6, 6.07) is 15.1. The number of rotatable bonds is 5. The Morgan fingerprint density at radius 3 is 2.70 bits per heavy atom.